The van der Waals surface area contributed by atoms with Crippen LogP contribution in [-0.2, 0) is 9.53 Å². The number of hydrogen-bond acceptors (Lipinski definition) is 3. The van der Waals surface area contributed by atoms with E-state index in [1.807, 2.05) is 13.9 Å². The maximum Gasteiger partial charge on any atom is 0.335 e. The highest BCUT2D eigenvalue weighted by Crippen LogP contribution is 2.26. The average Bonchev–Trinajstić information content (AvgIpc) is 2.63. The first kappa shape index (κ1) is 8.69. The van der Waals surface area contributed by atoms with Crippen LogP contribution < -0.4 is 0 Å². The number of rotatable bonds is 1. The normalized spacial score (nSPS) is 24.6. The van der Waals surface area contributed by atoms with Crippen LogP contribution in [0.4, 0.5) is 0 Å². The van der Waals surface area contributed by atoms with Gasteiger partial charge in [0.2, 0.25) is 0 Å². The van der Waals surface area contributed by atoms with Crippen molar-refractivity contribution in [2.45, 2.75) is 6.42 Å². The summed E-state index contributed by atoms with van der Waals surface area (Å²) in [7, 11) is 1.89. The Hall–Kier alpha value is -0.895. The summed E-state index contributed by atoms with van der Waals surface area (Å²) in [6.07, 6.45) is 4.55. The van der Waals surface area contributed by atoms with Crippen LogP contribution in [0, 0.1) is 0 Å². The molecule has 0 N–H and O–H groups in total. The van der Waals surface area contributed by atoms with E-state index in [1.165, 1.54) is 11.6 Å². The zero-order valence-corrected chi connectivity index (χ0v) is 8.19. The first-order chi connectivity index (χ1) is 6.25. The molecule has 2 heterocycles. The number of carbonyl (C=O) groups excluding carboxylic acids is 1. The SMILES string of the molecule is BC1=CC(=O)O/C1=C\C1=CSCC1. The molecule has 0 aromatic heterocycles. The Morgan fingerprint density at radius 2 is 2.46 bits per heavy atom. The topological polar surface area (TPSA) is 26.3 Å². The molecule has 0 radical (unpaired) electrons. The van der Waals surface area contributed by atoms with Crippen molar-refractivity contribution >= 4 is 25.6 Å². The van der Waals surface area contributed by atoms with E-state index in [9.17, 15) is 4.79 Å². The molecule has 66 valence electrons. The van der Waals surface area contributed by atoms with Crippen molar-refractivity contribution in [2.75, 3.05) is 5.75 Å². The average molecular weight is 192 g/mol. The van der Waals surface area contributed by atoms with E-state index in [0.29, 0.717) is 5.76 Å². The van der Waals surface area contributed by atoms with Crippen molar-refractivity contribution in [1.29, 1.82) is 0 Å². The molecule has 2 aliphatic rings. The quantitative estimate of drug-likeness (QED) is 0.457. The molecule has 0 amide bonds. The summed E-state index contributed by atoms with van der Waals surface area (Å²) in [5.74, 6) is 1.59. The number of cyclic esters (lactones) is 1. The van der Waals surface area contributed by atoms with Crippen LogP contribution in [0.1, 0.15) is 6.42 Å². The van der Waals surface area contributed by atoms with E-state index in [0.717, 1.165) is 17.6 Å². The Labute approximate surface area is 82.1 Å². The number of hydrogen-bond donors (Lipinski definition) is 0. The van der Waals surface area contributed by atoms with Gasteiger partial charge >= 0.3 is 5.97 Å². The van der Waals surface area contributed by atoms with Crippen molar-refractivity contribution in [3.05, 3.63) is 34.4 Å². The molecule has 13 heavy (non-hydrogen) atoms. The molecule has 4 heteroatoms. The molecule has 0 atom stereocenters. The fourth-order valence-corrected chi connectivity index (χ4v) is 2.16. The van der Waals surface area contributed by atoms with Crippen LogP contribution in [0.2, 0.25) is 0 Å². The monoisotopic (exact) mass is 192 g/mol. The smallest absolute Gasteiger partial charge is 0.335 e. The minimum absolute atomic E-state index is 0.255. The molecule has 0 bridgehead atoms. The number of ether oxygens (including phenoxy) is 1. The van der Waals surface area contributed by atoms with Crippen molar-refractivity contribution in [1.82, 2.24) is 0 Å². The molecule has 2 aliphatic heterocycles. The number of thioether (sulfide) groups is 1. The van der Waals surface area contributed by atoms with Gasteiger partial charge in [-0.1, -0.05) is 0 Å². The third-order valence-electron chi connectivity index (χ3n) is 1.99. The van der Waals surface area contributed by atoms with E-state index in [1.54, 1.807) is 11.8 Å². The fraction of sp³-hybridized carbons (Fsp3) is 0.222. The van der Waals surface area contributed by atoms with E-state index in [4.69, 9.17) is 4.74 Å². The van der Waals surface area contributed by atoms with Crippen molar-refractivity contribution < 1.29 is 9.53 Å². The molecule has 0 spiro atoms. The molecule has 0 aliphatic carbocycles. The summed E-state index contributed by atoms with van der Waals surface area (Å²) in [5, 5.41) is 2.12. The minimum atomic E-state index is -0.255. The van der Waals surface area contributed by atoms with Gasteiger partial charge in [-0.15, -0.1) is 11.8 Å². The van der Waals surface area contributed by atoms with Crippen LogP contribution in [-0.4, -0.2) is 19.6 Å². The highest BCUT2D eigenvalue weighted by Gasteiger charge is 2.16. The van der Waals surface area contributed by atoms with E-state index < -0.39 is 0 Å². The van der Waals surface area contributed by atoms with E-state index >= 15 is 0 Å². The second-order valence-corrected chi connectivity index (χ2v) is 4.05. The van der Waals surface area contributed by atoms with Gasteiger partial charge in [0.05, 0.1) is 0 Å². The largest absolute Gasteiger partial charge is 0.424 e. The van der Waals surface area contributed by atoms with Crippen LogP contribution in [0.3, 0.4) is 0 Å². The van der Waals surface area contributed by atoms with Crippen LogP contribution in [0.15, 0.2) is 34.4 Å². The Bertz CT molecular complexity index is 342. The van der Waals surface area contributed by atoms with Gasteiger partial charge in [0.1, 0.15) is 13.6 Å². The van der Waals surface area contributed by atoms with Gasteiger partial charge in [-0.3, -0.25) is 0 Å². The Kier molecular flexibility index (Phi) is 2.31. The van der Waals surface area contributed by atoms with Gasteiger partial charge in [0, 0.05) is 11.8 Å². The lowest BCUT2D eigenvalue weighted by atomic mass is 9.93. The van der Waals surface area contributed by atoms with Gasteiger partial charge in [-0.25, -0.2) is 4.79 Å². The molecule has 0 aromatic carbocycles. The lowest BCUT2D eigenvalue weighted by Crippen LogP contribution is -1.92. The van der Waals surface area contributed by atoms with Crippen molar-refractivity contribution in [3.63, 3.8) is 0 Å². The van der Waals surface area contributed by atoms with E-state index in [2.05, 4.69) is 5.41 Å². The van der Waals surface area contributed by atoms with Crippen LogP contribution >= 0.6 is 11.8 Å². The van der Waals surface area contributed by atoms with Crippen LogP contribution in [0.5, 0.6) is 0 Å². The molecule has 0 aromatic rings. The molecule has 0 saturated heterocycles. The molecule has 2 nitrogen and oxygen atoms in total. The lowest BCUT2D eigenvalue weighted by Gasteiger charge is -1.99. The Morgan fingerprint density at radius 3 is 3.00 bits per heavy atom. The summed E-state index contributed by atoms with van der Waals surface area (Å²) in [6.45, 7) is 0. The van der Waals surface area contributed by atoms with Gasteiger partial charge in [0.25, 0.3) is 0 Å². The summed E-state index contributed by atoms with van der Waals surface area (Å²) < 4.78 is 5.02. The summed E-state index contributed by atoms with van der Waals surface area (Å²) in [6, 6.07) is 0. The molecule has 2 rings (SSSR count). The summed E-state index contributed by atoms with van der Waals surface area (Å²) in [4.78, 5) is 10.9. The third kappa shape index (κ3) is 1.88. The predicted octanol–water partition coefficient (Wildman–Crippen LogP) is 0.965. The Balaban J connectivity index is 2.17. The lowest BCUT2D eigenvalue weighted by molar-refractivity contribution is -0.132. The number of esters is 1. The molecule has 0 unspecified atom stereocenters. The van der Waals surface area contributed by atoms with Gasteiger partial charge < -0.3 is 4.74 Å². The van der Waals surface area contributed by atoms with Crippen LogP contribution in [0.25, 0.3) is 0 Å². The first-order valence-corrected chi connectivity index (χ1v) is 5.23. The summed E-state index contributed by atoms with van der Waals surface area (Å²) in [5.41, 5.74) is 2.17. The van der Waals surface area contributed by atoms with Gasteiger partial charge in [-0.05, 0) is 29.0 Å². The van der Waals surface area contributed by atoms with Crippen molar-refractivity contribution in [2.24, 2.45) is 0 Å². The fourth-order valence-electron chi connectivity index (χ4n) is 1.29. The highest BCUT2D eigenvalue weighted by atomic mass is 32.2. The second-order valence-electron chi connectivity index (χ2n) is 3.07. The minimum Gasteiger partial charge on any atom is -0.424 e. The van der Waals surface area contributed by atoms with Crippen molar-refractivity contribution in [3.8, 4) is 0 Å². The molecule has 0 fully saturated rings. The van der Waals surface area contributed by atoms with Gasteiger partial charge in [-0.2, -0.15) is 0 Å². The second kappa shape index (κ2) is 3.46. The third-order valence-corrected chi connectivity index (χ3v) is 2.90. The number of carbonyl (C=O) groups is 1. The Morgan fingerprint density at radius 1 is 1.62 bits per heavy atom. The first-order valence-electron chi connectivity index (χ1n) is 4.18. The molecular weight excluding hydrogens is 183 g/mol. The predicted molar refractivity (Wildman–Crippen MR) is 56.0 cm³/mol. The standard InChI is InChI=1S/C9H9BO2S/c10-7-4-9(11)12-8(7)3-6-1-2-13-5-6/h3-5H,1-2,10H2/b8-3-. The maximum absolute atomic E-state index is 10.9. The van der Waals surface area contributed by atoms with Gasteiger partial charge in [0.15, 0.2) is 0 Å². The highest BCUT2D eigenvalue weighted by molar-refractivity contribution is 8.02. The maximum atomic E-state index is 10.9. The molecule has 0 saturated carbocycles. The van der Waals surface area contributed by atoms with E-state index in [-0.39, 0.29) is 5.97 Å². The zero-order chi connectivity index (χ0) is 9.26. The number of allylic oxidation sites excluding steroid dienone is 3. The molecular formula is C9H9BO2S. The zero-order valence-electron chi connectivity index (χ0n) is 7.37. The summed E-state index contributed by atoms with van der Waals surface area (Å²) >= 11 is 1.80.